The number of amides is 2. The Morgan fingerprint density at radius 1 is 1.16 bits per heavy atom. The van der Waals surface area contributed by atoms with Crippen molar-refractivity contribution >= 4 is 21.8 Å². The minimum atomic E-state index is -3.84. The standard InChI is InChI=1S/C15H22N4O5S/c16-14(20)12-4-5-13(24-12)25(22,23)19-9-7-18(8-10-19)15(21)11-3-1-2-6-17-11/h4-5,11,17H,1-3,6-10H2,(H2,16,20). The molecule has 3 rings (SSSR count). The first-order chi connectivity index (χ1) is 11.9. The molecule has 138 valence electrons. The van der Waals surface area contributed by atoms with Crippen LogP contribution < -0.4 is 11.1 Å². The zero-order valence-electron chi connectivity index (χ0n) is 13.8. The average Bonchev–Trinajstić information content (AvgIpc) is 3.13. The highest BCUT2D eigenvalue weighted by atomic mass is 32.2. The highest BCUT2D eigenvalue weighted by Gasteiger charge is 2.34. The van der Waals surface area contributed by atoms with Gasteiger partial charge >= 0.3 is 0 Å². The molecule has 25 heavy (non-hydrogen) atoms. The summed E-state index contributed by atoms with van der Waals surface area (Å²) in [7, 11) is -3.84. The Bertz CT molecular complexity index is 746. The first-order valence-electron chi connectivity index (χ1n) is 8.31. The van der Waals surface area contributed by atoms with Gasteiger partial charge in [-0.25, -0.2) is 8.42 Å². The largest absolute Gasteiger partial charge is 0.438 e. The van der Waals surface area contributed by atoms with Gasteiger partial charge in [0, 0.05) is 26.2 Å². The maximum Gasteiger partial charge on any atom is 0.284 e. The van der Waals surface area contributed by atoms with Crippen LogP contribution in [0.15, 0.2) is 21.6 Å². The lowest BCUT2D eigenvalue weighted by Crippen LogP contribution is -2.55. The predicted octanol–water partition coefficient (Wildman–Crippen LogP) is -0.646. The lowest BCUT2D eigenvalue weighted by Gasteiger charge is -2.36. The first kappa shape index (κ1) is 17.9. The second-order valence-corrected chi connectivity index (χ2v) is 8.08. The molecule has 0 aliphatic carbocycles. The lowest BCUT2D eigenvalue weighted by atomic mass is 10.0. The molecule has 2 fully saturated rings. The van der Waals surface area contributed by atoms with Gasteiger partial charge in [-0.2, -0.15) is 4.31 Å². The molecular weight excluding hydrogens is 348 g/mol. The van der Waals surface area contributed by atoms with Crippen LogP contribution in [-0.2, 0) is 14.8 Å². The van der Waals surface area contributed by atoms with Crippen LogP contribution in [0.4, 0.5) is 0 Å². The number of carbonyl (C=O) groups is 2. The Labute approximate surface area is 146 Å². The maximum atomic E-state index is 12.6. The summed E-state index contributed by atoms with van der Waals surface area (Å²) >= 11 is 0. The number of hydrogen-bond donors (Lipinski definition) is 2. The minimum absolute atomic E-state index is 0.0331. The summed E-state index contributed by atoms with van der Waals surface area (Å²) < 4.78 is 31.4. The molecule has 9 nitrogen and oxygen atoms in total. The van der Waals surface area contributed by atoms with Crippen LogP contribution in [0.3, 0.4) is 0 Å². The van der Waals surface area contributed by atoms with Crippen LogP contribution in [0.5, 0.6) is 0 Å². The SMILES string of the molecule is NC(=O)c1ccc(S(=O)(=O)N2CCN(C(=O)C3CCCCN3)CC2)o1. The summed E-state index contributed by atoms with van der Waals surface area (Å²) in [6, 6.07) is 2.29. The van der Waals surface area contributed by atoms with Crippen LogP contribution in [0.25, 0.3) is 0 Å². The number of nitrogens with zero attached hydrogens (tertiary/aromatic N) is 2. The number of nitrogens with one attached hydrogen (secondary N) is 1. The fourth-order valence-corrected chi connectivity index (χ4v) is 4.48. The molecule has 0 aromatic carbocycles. The quantitative estimate of drug-likeness (QED) is 0.726. The predicted molar refractivity (Wildman–Crippen MR) is 88.2 cm³/mol. The van der Waals surface area contributed by atoms with E-state index in [9.17, 15) is 18.0 Å². The van der Waals surface area contributed by atoms with E-state index in [4.69, 9.17) is 10.2 Å². The normalized spacial score (nSPS) is 22.7. The minimum Gasteiger partial charge on any atom is -0.438 e. The van der Waals surface area contributed by atoms with Crippen LogP contribution >= 0.6 is 0 Å². The molecule has 1 aromatic heterocycles. The van der Waals surface area contributed by atoms with Crippen LogP contribution in [0.1, 0.15) is 29.8 Å². The molecule has 2 saturated heterocycles. The fraction of sp³-hybridized carbons (Fsp3) is 0.600. The van der Waals surface area contributed by atoms with Gasteiger partial charge in [0.05, 0.1) is 6.04 Å². The van der Waals surface area contributed by atoms with E-state index in [0.717, 1.165) is 25.8 Å². The topological polar surface area (TPSA) is 126 Å². The van der Waals surface area contributed by atoms with E-state index < -0.39 is 15.9 Å². The Morgan fingerprint density at radius 2 is 1.88 bits per heavy atom. The van der Waals surface area contributed by atoms with Gasteiger partial charge in [-0.1, -0.05) is 6.42 Å². The Hall–Kier alpha value is -1.91. The van der Waals surface area contributed by atoms with E-state index in [1.807, 2.05) is 0 Å². The summed E-state index contributed by atoms with van der Waals surface area (Å²) in [5, 5.41) is 2.90. The van der Waals surface area contributed by atoms with Crippen molar-refractivity contribution < 1.29 is 22.4 Å². The molecule has 2 aliphatic rings. The molecule has 2 aliphatic heterocycles. The van der Waals surface area contributed by atoms with Crippen molar-refractivity contribution in [2.24, 2.45) is 5.73 Å². The van der Waals surface area contributed by atoms with E-state index in [0.29, 0.717) is 13.1 Å². The van der Waals surface area contributed by atoms with Gasteiger partial charge in [0.15, 0.2) is 5.76 Å². The molecule has 0 bridgehead atoms. The van der Waals surface area contributed by atoms with Gasteiger partial charge in [0.2, 0.25) is 11.0 Å². The summed E-state index contributed by atoms with van der Waals surface area (Å²) in [5.74, 6) is -0.988. The molecule has 0 radical (unpaired) electrons. The molecule has 3 heterocycles. The van der Waals surface area contributed by atoms with E-state index in [-0.39, 0.29) is 35.9 Å². The average molecular weight is 370 g/mol. The first-order valence-corrected chi connectivity index (χ1v) is 9.75. The molecule has 1 unspecified atom stereocenters. The monoisotopic (exact) mass is 370 g/mol. The Kier molecular flexibility index (Phi) is 5.11. The number of nitrogens with two attached hydrogens (primary N) is 1. The Balaban J connectivity index is 1.62. The highest BCUT2D eigenvalue weighted by Crippen LogP contribution is 2.21. The molecule has 2 amide bonds. The number of hydrogen-bond acceptors (Lipinski definition) is 6. The van der Waals surface area contributed by atoms with Gasteiger partial charge in [-0.05, 0) is 31.5 Å². The van der Waals surface area contributed by atoms with Crippen LogP contribution in [-0.4, -0.2) is 68.2 Å². The lowest BCUT2D eigenvalue weighted by molar-refractivity contribution is -0.135. The van der Waals surface area contributed by atoms with Crippen molar-refractivity contribution in [2.45, 2.75) is 30.4 Å². The van der Waals surface area contributed by atoms with Crippen LogP contribution in [0, 0.1) is 0 Å². The van der Waals surface area contributed by atoms with Gasteiger partial charge in [-0.15, -0.1) is 0 Å². The number of piperazine rings is 1. The van der Waals surface area contributed by atoms with E-state index in [2.05, 4.69) is 5.32 Å². The molecule has 10 heteroatoms. The Morgan fingerprint density at radius 3 is 2.44 bits per heavy atom. The molecule has 0 spiro atoms. The van der Waals surface area contributed by atoms with Gasteiger partial charge < -0.3 is 20.4 Å². The number of rotatable bonds is 4. The van der Waals surface area contributed by atoms with E-state index in [1.54, 1.807) is 4.90 Å². The summed E-state index contributed by atoms with van der Waals surface area (Å²) in [5.41, 5.74) is 5.08. The third-order valence-electron chi connectivity index (χ3n) is 4.58. The van der Waals surface area contributed by atoms with Crippen molar-refractivity contribution in [1.82, 2.24) is 14.5 Å². The summed E-state index contributed by atoms with van der Waals surface area (Å²) in [6.45, 7) is 1.88. The highest BCUT2D eigenvalue weighted by molar-refractivity contribution is 7.89. The van der Waals surface area contributed by atoms with Crippen LogP contribution in [0.2, 0.25) is 0 Å². The number of piperidine rings is 1. The third kappa shape index (κ3) is 3.70. The van der Waals surface area contributed by atoms with Crippen molar-refractivity contribution in [3.8, 4) is 0 Å². The van der Waals surface area contributed by atoms with E-state index in [1.165, 1.54) is 16.4 Å². The third-order valence-corrected chi connectivity index (χ3v) is 6.35. The number of carbonyl (C=O) groups excluding carboxylic acids is 2. The molecule has 3 N–H and O–H groups in total. The van der Waals surface area contributed by atoms with Gasteiger partial charge in [-0.3, -0.25) is 9.59 Å². The zero-order valence-corrected chi connectivity index (χ0v) is 14.6. The van der Waals surface area contributed by atoms with E-state index >= 15 is 0 Å². The summed E-state index contributed by atoms with van der Waals surface area (Å²) in [6.07, 6.45) is 2.92. The van der Waals surface area contributed by atoms with Crippen molar-refractivity contribution in [3.05, 3.63) is 17.9 Å². The van der Waals surface area contributed by atoms with Gasteiger partial charge in [0.1, 0.15) is 0 Å². The molecule has 0 saturated carbocycles. The zero-order chi connectivity index (χ0) is 18.0. The summed E-state index contributed by atoms with van der Waals surface area (Å²) in [4.78, 5) is 25.2. The second kappa shape index (κ2) is 7.14. The number of furan rings is 1. The van der Waals surface area contributed by atoms with Crippen molar-refractivity contribution in [2.75, 3.05) is 32.7 Å². The number of primary amides is 1. The molecule has 1 aromatic rings. The maximum absolute atomic E-state index is 12.6. The number of sulfonamides is 1. The second-order valence-electron chi connectivity index (χ2n) is 6.21. The van der Waals surface area contributed by atoms with Crippen molar-refractivity contribution in [3.63, 3.8) is 0 Å². The van der Waals surface area contributed by atoms with Gasteiger partial charge in [0.25, 0.3) is 15.9 Å². The smallest absolute Gasteiger partial charge is 0.284 e. The molecule has 1 atom stereocenters. The van der Waals surface area contributed by atoms with Crippen molar-refractivity contribution in [1.29, 1.82) is 0 Å². The fourth-order valence-electron chi connectivity index (χ4n) is 3.15. The molecular formula is C15H22N4O5S.